The van der Waals surface area contributed by atoms with Crippen molar-refractivity contribution < 1.29 is 40.3 Å². The predicted molar refractivity (Wildman–Crippen MR) is 111 cm³/mol. The number of carbonyl (C=O) groups is 1. The quantitative estimate of drug-likeness (QED) is 0.360. The van der Waals surface area contributed by atoms with Crippen LogP contribution < -0.4 is 0 Å². The molecule has 10 heteroatoms. The number of rotatable bonds is 4. The Morgan fingerprint density at radius 1 is 0.943 bits per heavy atom. The van der Waals surface area contributed by atoms with E-state index in [1.807, 2.05) is 0 Å². The van der Waals surface area contributed by atoms with E-state index in [4.69, 9.17) is 4.74 Å². The number of alkyl halides is 6. The molecule has 3 nitrogen and oxygen atoms in total. The summed E-state index contributed by atoms with van der Waals surface area (Å²) in [5, 5.41) is 0. The van der Waals surface area contributed by atoms with Gasteiger partial charge in [0.05, 0.1) is 23.3 Å². The predicted octanol–water partition coefficient (Wildman–Crippen LogP) is 7.12. The molecule has 3 atom stereocenters. The Hall–Kier alpha value is -3.27. The number of fused-ring (bicyclic) bond motifs is 1. The topological polar surface area (TPSA) is 39.2 Å². The van der Waals surface area contributed by atoms with Crippen molar-refractivity contribution >= 4 is 5.78 Å². The second kappa shape index (κ2) is 9.07. The Morgan fingerprint density at radius 2 is 1.54 bits per heavy atom. The van der Waals surface area contributed by atoms with Gasteiger partial charge in [0, 0.05) is 18.5 Å². The van der Waals surface area contributed by atoms with Crippen molar-refractivity contribution in [2.75, 3.05) is 0 Å². The van der Waals surface area contributed by atoms with Crippen molar-refractivity contribution in [2.45, 2.75) is 43.8 Å². The standard InChI is InChI=1S/C25H18F7NO2/c1-13(15-9-16(24(27,28)29)11-17(10-15)25(30,31)32)35-21-12-20(34)23-19(3-2-8-33-23)22(21)14-4-6-18(26)7-5-14/h2-11,13,21-22H,12H2,1H3/t13-,21+,22+/m1/s1. The average Bonchev–Trinajstić information content (AvgIpc) is 2.79. The van der Waals surface area contributed by atoms with Crippen LogP contribution in [0, 0.1) is 5.82 Å². The van der Waals surface area contributed by atoms with Crippen LogP contribution in [0.15, 0.2) is 60.8 Å². The van der Waals surface area contributed by atoms with Gasteiger partial charge in [0.15, 0.2) is 5.78 Å². The van der Waals surface area contributed by atoms with E-state index in [1.165, 1.54) is 37.4 Å². The van der Waals surface area contributed by atoms with Crippen LogP contribution in [0.5, 0.6) is 0 Å². The molecule has 4 rings (SSSR count). The fourth-order valence-electron chi connectivity index (χ4n) is 4.24. The fourth-order valence-corrected chi connectivity index (χ4v) is 4.24. The molecule has 35 heavy (non-hydrogen) atoms. The van der Waals surface area contributed by atoms with Gasteiger partial charge in [-0.15, -0.1) is 0 Å². The highest BCUT2D eigenvalue weighted by Gasteiger charge is 2.40. The molecule has 0 fully saturated rings. The lowest BCUT2D eigenvalue weighted by Gasteiger charge is -2.34. The number of nitrogens with zero attached hydrogens (tertiary/aromatic N) is 1. The number of ketones is 1. The lowest BCUT2D eigenvalue weighted by atomic mass is 9.78. The van der Waals surface area contributed by atoms with Gasteiger partial charge in [0.25, 0.3) is 0 Å². The largest absolute Gasteiger partial charge is 0.416 e. The molecule has 0 bridgehead atoms. The van der Waals surface area contributed by atoms with Crippen molar-refractivity contribution in [3.8, 4) is 0 Å². The van der Waals surface area contributed by atoms with Gasteiger partial charge in [-0.25, -0.2) is 4.39 Å². The number of carbonyl (C=O) groups excluding carboxylic acids is 1. The molecule has 0 amide bonds. The summed E-state index contributed by atoms with van der Waals surface area (Å²) in [7, 11) is 0. The zero-order valence-electron chi connectivity index (χ0n) is 18.1. The summed E-state index contributed by atoms with van der Waals surface area (Å²) in [6.07, 6.45) is -10.9. The smallest absolute Gasteiger partial charge is 0.369 e. The minimum absolute atomic E-state index is 0.0452. The molecule has 0 N–H and O–H groups in total. The normalized spacial score (nSPS) is 19.4. The third kappa shape index (κ3) is 5.22. The average molecular weight is 497 g/mol. The van der Waals surface area contributed by atoms with Crippen LogP contribution in [0.1, 0.15) is 63.7 Å². The van der Waals surface area contributed by atoms with E-state index in [9.17, 15) is 35.5 Å². The minimum atomic E-state index is -5.00. The van der Waals surface area contributed by atoms with Crippen LogP contribution in [0.2, 0.25) is 0 Å². The molecule has 2 aromatic carbocycles. The highest BCUT2D eigenvalue weighted by molar-refractivity contribution is 5.97. The maximum absolute atomic E-state index is 13.5. The second-order valence-corrected chi connectivity index (χ2v) is 8.25. The van der Waals surface area contributed by atoms with E-state index in [-0.39, 0.29) is 29.5 Å². The first-order chi connectivity index (χ1) is 16.3. The van der Waals surface area contributed by atoms with Crippen molar-refractivity contribution in [1.29, 1.82) is 0 Å². The monoisotopic (exact) mass is 497 g/mol. The van der Waals surface area contributed by atoms with Gasteiger partial charge in [0.1, 0.15) is 11.5 Å². The Bertz CT molecular complexity index is 1200. The molecule has 1 aliphatic carbocycles. The number of halogens is 7. The summed E-state index contributed by atoms with van der Waals surface area (Å²) in [6.45, 7) is 1.32. The molecule has 184 valence electrons. The van der Waals surface area contributed by atoms with Crippen LogP contribution in [-0.2, 0) is 17.1 Å². The molecule has 0 spiro atoms. The molecule has 0 radical (unpaired) electrons. The summed E-state index contributed by atoms with van der Waals surface area (Å²) >= 11 is 0. The molecule has 0 unspecified atom stereocenters. The molecule has 0 saturated heterocycles. The number of Topliss-reactive ketones (excluding diaryl/α,β-unsaturated/α-hetero) is 1. The number of hydrogen-bond acceptors (Lipinski definition) is 3. The van der Waals surface area contributed by atoms with E-state index < -0.39 is 47.4 Å². The number of aromatic nitrogens is 1. The van der Waals surface area contributed by atoms with Crippen molar-refractivity contribution in [3.63, 3.8) is 0 Å². The molecule has 3 aromatic rings. The van der Waals surface area contributed by atoms with Gasteiger partial charge in [-0.05, 0) is 60.0 Å². The van der Waals surface area contributed by atoms with Gasteiger partial charge >= 0.3 is 12.4 Å². The van der Waals surface area contributed by atoms with E-state index in [0.717, 1.165) is 0 Å². The summed E-state index contributed by atoms with van der Waals surface area (Å²) in [4.78, 5) is 16.8. The SMILES string of the molecule is C[C@@H](O[C@H]1CC(=O)c2ncccc2[C@@H]1c1ccc(F)cc1)c1cc(C(F)(F)F)cc(C(F)(F)F)c1. The van der Waals surface area contributed by atoms with E-state index in [2.05, 4.69) is 4.98 Å². The van der Waals surface area contributed by atoms with Gasteiger partial charge < -0.3 is 4.74 Å². The van der Waals surface area contributed by atoms with E-state index >= 15 is 0 Å². The molecule has 0 aliphatic heterocycles. The van der Waals surface area contributed by atoms with Crippen LogP contribution in [-0.4, -0.2) is 16.9 Å². The second-order valence-electron chi connectivity index (χ2n) is 8.25. The Balaban J connectivity index is 1.74. The first kappa shape index (κ1) is 24.8. The number of hydrogen-bond donors (Lipinski definition) is 0. The Kier molecular flexibility index (Phi) is 6.44. The summed E-state index contributed by atoms with van der Waals surface area (Å²) in [6, 6.07) is 9.88. The van der Waals surface area contributed by atoms with Gasteiger partial charge in [-0.2, -0.15) is 26.3 Å². The highest BCUT2D eigenvalue weighted by atomic mass is 19.4. The lowest BCUT2D eigenvalue weighted by Crippen LogP contribution is -2.34. The summed E-state index contributed by atoms with van der Waals surface area (Å²) < 4.78 is 99.3. The third-order valence-electron chi connectivity index (χ3n) is 5.88. The van der Waals surface area contributed by atoms with Gasteiger partial charge in [-0.3, -0.25) is 9.78 Å². The maximum Gasteiger partial charge on any atom is 0.416 e. The highest BCUT2D eigenvalue weighted by Crippen LogP contribution is 2.42. The summed E-state index contributed by atoms with van der Waals surface area (Å²) in [5.41, 5.74) is -2.02. The maximum atomic E-state index is 13.5. The molecule has 1 aromatic heterocycles. The van der Waals surface area contributed by atoms with Gasteiger partial charge in [-0.1, -0.05) is 18.2 Å². The number of pyridine rings is 1. The van der Waals surface area contributed by atoms with Gasteiger partial charge in [0.2, 0.25) is 0 Å². The van der Waals surface area contributed by atoms with Crippen molar-refractivity contribution in [2.24, 2.45) is 0 Å². The van der Waals surface area contributed by atoms with Crippen molar-refractivity contribution in [3.05, 3.63) is 100 Å². The van der Waals surface area contributed by atoms with Crippen LogP contribution >= 0.6 is 0 Å². The Morgan fingerprint density at radius 3 is 2.11 bits per heavy atom. The molecule has 0 saturated carbocycles. The minimum Gasteiger partial charge on any atom is -0.369 e. The molecule has 1 aliphatic rings. The lowest BCUT2D eigenvalue weighted by molar-refractivity contribution is -0.143. The summed E-state index contributed by atoms with van der Waals surface area (Å²) in [5.74, 6) is -1.52. The van der Waals surface area contributed by atoms with Crippen LogP contribution in [0.3, 0.4) is 0 Å². The first-order valence-corrected chi connectivity index (χ1v) is 10.5. The zero-order chi connectivity index (χ0) is 25.5. The molecular formula is C25H18F7NO2. The van der Waals surface area contributed by atoms with E-state index in [0.29, 0.717) is 23.3 Å². The van der Waals surface area contributed by atoms with Crippen LogP contribution in [0.4, 0.5) is 30.7 Å². The Labute approximate surface area is 195 Å². The molecule has 1 heterocycles. The van der Waals surface area contributed by atoms with E-state index in [1.54, 1.807) is 12.1 Å². The number of benzene rings is 2. The molecular weight excluding hydrogens is 479 g/mol. The number of ether oxygens (including phenoxy) is 1. The van der Waals surface area contributed by atoms with Crippen LogP contribution in [0.25, 0.3) is 0 Å². The first-order valence-electron chi connectivity index (χ1n) is 10.5. The zero-order valence-corrected chi connectivity index (χ0v) is 18.1. The van der Waals surface area contributed by atoms with Crippen molar-refractivity contribution in [1.82, 2.24) is 4.98 Å². The third-order valence-corrected chi connectivity index (χ3v) is 5.88. The fraction of sp³-hybridized carbons (Fsp3) is 0.280.